The van der Waals surface area contributed by atoms with Gasteiger partial charge in [-0.1, -0.05) is 27.5 Å². The second kappa shape index (κ2) is 5.72. The van der Waals surface area contributed by atoms with Gasteiger partial charge in [0.1, 0.15) is 11.3 Å². The van der Waals surface area contributed by atoms with Gasteiger partial charge in [0, 0.05) is 23.0 Å². The van der Waals surface area contributed by atoms with Crippen LogP contribution < -0.4 is 0 Å². The lowest BCUT2D eigenvalue weighted by Gasteiger charge is -2.10. The Hall–Kier alpha value is -1.10. The molecule has 3 aromatic rings. The van der Waals surface area contributed by atoms with Crippen LogP contribution in [0.2, 0.25) is 5.02 Å². The zero-order valence-corrected chi connectivity index (χ0v) is 13.5. The number of halogens is 3. The molecule has 0 amide bonds. The number of hydrogen-bond acceptors (Lipinski definition) is 2. The minimum Gasteiger partial charge on any atom is -0.295 e. The third kappa shape index (κ3) is 2.43. The summed E-state index contributed by atoms with van der Waals surface area (Å²) in [6, 6.07) is 7.72. The number of imidazole rings is 1. The van der Waals surface area contributed by atoms with Crippen LogP contribution in [-0.4, -0.2) is 20.4 Å². The van der Waals surface area contributed by atoms with Gasteiger partial charge in [-0.15, -0.1) is 11.6 Å². The molecule has 0 radical (unpaired) electrons. The van der Waals surface area contributed by atoms with Gasteiger partial charge in [-0.05, 0) is 24.3 Å². The highest BCUT2D eigenvalue weighted by molar-refractivity contribution is 9.10. The first-order chi connectivity index (χ1) is 9.70. The van der Waals surface area contributed by atoms with E-state index >= 15 is 0 Å². The second-order valence-electron chi connectivity index (χ2n) is 4.26. The Morgan fingerprint density at radius 3 is 2.85 bits per heavy atom. The van der Waals surface area contributed by atoms with Crippen molar-refractivity contribution in [2.75, 3.05) is 5.88 Å². The van der Waals surface area contributed by atoms with Gasteiger partial charge >= 0.3 is 0 Å². The molecular formula is C14H10BrCl2N3. The Labute approximate surface area is 134 Å². The van der Waals surface area contributed by atoms with Crippen molar-refractivity contribution < 1.29 is 0 Å². The van der Waals surface area contributed by atoms with Gasteiger partial charge in [0.2, 0.25) is 0 Å². The predicted octanol–water partition coefficient (Wildman–Crippen LogP) is 4.62. The van der Waals surface area contributed by atoms with Crippen molar-refractivity contribution in [3.05, 3.63) is 52.0 Å². The second-order valence-corrected chi connectivity index (χ2v) is 5.96. The molecule has 0 aliphatic rings. The largest absolute Gasteiger partial charge is 0.295 e. The number of pyridine rings is 1. The van der Waals surface area contributed by atoms with E-state index in [0.717, 1.165) is 27.0 Å². The number of nitrogens with zero attached hydrogens (tertiary/aromatic N) is 3. The lowest BCUT2D eigenvalue weighted by molar-refractivity contribution is 0.912. The number of aromatic nitrogens is 3. The summed E-state index contributed by atoms with van der Waals surface area (Å²) in [6.07, 6.45) is 4.16. The molecule has 20 heavy (non-hydrogen) atoms. The number of aryl methyl sites for hydroxylation is 1. The smallest absolute Gasteiger partial charge is 0.115 e. The van der Waals surface area contributed by atoms with Crippen LogP contribution in [0.15, 0.2) is 41.1 Å². The molecule has 2 aromatic heterocycles. The molecule has 0 saturated carbocycles. The average molecular weight is 371 g/mol. The van der Waals surface area contributed by atoms with Gasteiger partial charge in [0.25, 0.3) is 0 Å². The van der Waals surface area contributed by atoms with E-state index in [9.17, 15) is 0 Å². The standard InChI is InChI=1S/C14H10BrCl2N3/c15-9-1-2-12(10(17)7-9)20-13-4-6-18-8-11(13)19-14(20)3-5-16/h1-2,4,6-8H,3,5H2. The third-order valence-electron chi connectivity index (χ3n) is 2.99. The summed E-state index contributed by atoms with van der Waals surface area (Å²) in [7, 11) is 0. The van der Waals surface area contributed by atoms with Crippen LogP contribution in [0, 0.1) is 0 Å². The van der Waals surface area contributed by atoms with Crippen LogP contribution in [0.3, 0.4) is 0 Å². The number of fused-ring (bicyclic) bond motifs is 1. The van der Waals surface area contributed by atoms with Gasteiger partial charge in [0.15, 0.2) is 0 Å². The SMILES string of the molecule is ClCCc1nc2cnccc2n1-c1ccc(Br)cc1Cl. The van der Waals surface area contributed by atoms with Crippen molar-refractivity contribution in [3.63, 3.8) is 0 Å². The minimum atomic E-state index is 0.505. The molecule has 6 heteroatoms. The Morgan fingerprint density at radius 1 is 1.25 bits per heavy atom. The monoisotopic (exact) mass is 369 g/mol. The molecule has 0 N–H and O–H groups in total. The molecule has 0 unspecified atom stereocenters. The highest BCUT2D eigenvalue weighted by atomic mass is 79.9. The molecule has 2 heterocycles. The number of rotatable bonds is 3. The van der Waals surface area contributed by atoms with Gasteiger partial charge in [0.05, 0.1) is 22.4 Å². The summed E-state index contributed by atoms with van der Waals surface area (Å²) < 4.78 is 2.98. The summed E-state index contributed by atoms with van der Waals surface area (Å²) >= 11 is 15.7. The highest BCUT2D eigenvalue weighted by Gasteiger charge is 2.14. The first kappa shape index (κ1) is 13.9. The van der Waals surface area contributed by atoms with E-state index in [2.05, 4.69) is 25.9 Å². The maximum absolute atomic E-state index is 6.37. The number of hydrogen-bond donors (Lipinski definition) is 0. The van der Waals surface area contributed by atoms with Gasteiger partial charge in [-0.25, -0.2) is 4.98 Å². The van der Waals surface area contributed by atoms with Crippen LogP contribution in [-0.2, 0) is 6.42 Å². The van der Waals surface area contributed by atoms with E-state index < -0.39 is 0 Å². The fraction of sp³-hybridized carbons (Fsp3) is 0.143. The Kier molecular flexibility index (Phi) is 3.96. The zero-order valence-electron chi connectivity index (χ0n) is 10.4. The van der Waals surface area contributed by atoms with Crippen LogP contribution in [0.25, 0.3) is 16.7 Å². The van der Waals surface area contributed by atoms with E-state index in [0.29, 0.717) is 17.3 Å². The molecule has 0 aliphatic heterocycles. The van der Waals surface area contributed by atoms with Gasteiger partial charge in [-0.3, -0.25) is 9.55 Å². The summed E-state index contributed by atoms with van der Waals surface area (Å²) in [4.78, 5) is 8.70. The zero-order chi connectivity index (χ0) is 14.1. The molecule has 0 saturated heterocycles. The Balaban J connectivity index is 2.30. The van der Waals surface area contributed by atoms with Crippen molar-refractivity contribution in [1.82, 2.24) is 14.5 Å². The van der Waals surface area contributed by atoms with Crippen molar-refractivity contribution >= 4 is 50.2 Å². The van der Waals surface area contributed by atoms with Crippen LogP contribution in [0.5, 0.6) is 0 Å². The Morgan fingerprint density at radius 2 is 2.10 bits per heavy atom. The lowest BCUT2D eigenvalue weighted by atomic mass is 10.3. The van der Waals surface area contributed by atoms with E-state index in [1.807, 2.05) is 28.8 Å². The molecule has 102 valence electrons. The Bertz CT molecular complexity index is 770. The topological polar surface area (TPSA) is 30.7 Å². The first-order valence-corrected chi connectivity index (χ1v) is 7.74. The van der Waals surface area contributed by atoms with E-state index in [1.54, 1.807) is 12.4 Å². The van der Waals surface area contributed by atoms with E-state index in [4.69, 9.17) is 23.2 Å². The number of benzene rings is 1. The molecular weight excluding hydrogens is 361 g/mol. The van der Waals surface area contributed by atoms with Crippen LogP contribution in [0.4, 0.5) is 0 Å². The van der Waals surface area contributed by atoms with Gasteiger partial charge < -0.3 is 0 Å². The summed E-state index contributed by atoms with van der Waals surface area (Å²) in [5, 5.41) is 0.659. The third-order valence-corrected chi connectivity index (χ3v) is 3.98. The first-order valence-electron chi connectivity index (χ1n) is 6.03. The summed E-state index contributed by atoms with van der Waals surface area (Å²) in [6.45, 7) is 0. The predicted molar refractivity (Wildman–Crippen MR) is 86.0 cm³/mol. The van der Waals surface area contributed by atoms with E-state index in [1.165, 1.54) is 0 Å². The average Bonchev–Trinajstić information content (AvgIpc) is 2.78. The molecule has 0 bridgehead atoms. The van der Waals surface area contributed by atoms with Crippen molar-refractivity contribution in [1.29, 1.82) is 0 Å². The quantitative estimate of drug-likeness (QED) is 0.630. The van der Waals surface area contributed by atoms with Crippen LogP contribution in [0.1, 0.15) is 5.82 Å². The molecule has 3 nitrogen and oxygen atoms in total. The molecule has 0 fully saturated rings. The fourth-order valence-corrected chi connectivity index (χ4v) is 3.09. The van der Waals surface area contributed by atoms with Crippen LogP contribution >= 0.6 is 39.1 Å². The summed E-state index contributed by atoms with van der Waals surface area (Å²) in [5.74, 6) is 1.39. The maximum Gasteiger partial charge on any atom is 0.115 e. The molecule has 0 spiro atoms. The van der Waals surface area contributed by atoms with Gasteiger partial charge in [-0.2, -0.15) is 0 Å². The van der Waals surface area contributed by atoms with Crippen molar-refractivity contribution in [2.45, 2.75) is 6.42 Å². The van der Waals surface area contributed by atoms with E-state index in [-0.39, 0.29) is 0 Å². The lowest BCUT2D eigenvalue weighted by Crippen LogP contribution is -2.02. The van der Waals surface area contributed by atoms with Crippen molar-refractivity contribution in [2.24, 2.45) is 0 Å². The number of alkyl halides is 1. The fourth-order valence-electron chi connectivity index (χ4n) is 2.17. The van der Waals surface area contributed by atoms with Crippen molar-refractivity contribution in [3.8, 4) is 5.69 Å². The molecule has 3 rings (SSSR count). The minimum absolute atomic E-state index is 0.505. The maximum atomic E-state index is 6.37. The highest BCUT2D eigenvalue weighted by Crippen LogP contribution is 2.29. The normalized spacial score (nSPS) is 11.2. The molecule has 0 atom stereocenters. The summed E-state index contributed by atoms with van der Waals surface area (Å²) in [5.41, 5.74) is 2.71. The molecule has 0 aliphatic carbocycles. The molecule has 1 aromatic carbocycles.